The molecule has 3 rings (SSSR count). The van der Waals surface area contributed by atoms with E-state index in [4.69, 9.17) is 0 Å². The van der Waals surface area contributed by atoms with E-state index in [0.29, 0.717) is 6.04 Å². The molecule has 0 bridgehead atoms. The number of anilines is 3. The molecule has 2 N–H and O–H groups in total. The molecule has 2 aromatic carbocycles. The van der Waals surface area contributed by atoms with Crippen molar-refractivity contribution in [3.8, 4) is 0 Å². The van der Waals surface area contributed by atoms with Gasteiger partial charge in [-0.25, -0.2) is 0 Å². The van der Waals surface area contributed by atoms with E-state index < -0.39 is 0 Å². The molecule has 1 aliphatic rings. The second kappa shape index (κ2) is 7.16. The summed E-state index contributed by atoms with van der Waals surface area (Å²) in [5.74, 6) is 0. The summed E-state index contributed by atoms with van der Waals surface area (Å²) in [5.41, 5.74) is 3.50. The molecule has 1 fully saturated rings. The summed E-state index contributed by atoms with van der Waals surface area (Å²) < 4.78 is 0. The van der Waals surface area contributed by atoms with Crippen molar-refractivity contribution < 1.29 is 0 Å². The number of hydrogen-bond donors (Lipinski definition) is 2. The molecule has 0 aromatic heterocycles. The highest BCUT2D eigenvalue weighted by atomic mass is 14.9. The van der Waals surface area contributed by atoms with Crippen LogP contribution in [0.5, 0.6) is 0 Å². The molecule has 21 heavy (non-hydrogen) atoms. The van der Waals surface area contributed by atoms with E-state index >= 15 is 0 Å². The van der Waals surface area contributed by atoms with Crippen molar-refractivity contribution in [2.45, 2.75) is 44.6 Å². The zero-order valence-corrected chi connectivity index (χ0v) is 12.5. The summed E-state index contributed by atoms with van der Waals surface area (Å²) in [7, 11) is 0. The highest BCUT2D eigenvalue weighted by molar-refractivity contribution is 5.62. The molecule has 2 nitrogen and oxygen atoms in total. The Hall–Kier alpha value is -1.96. The van der Waals surface area contributed by atoms with E-state index in [1.165, 1.54) is 44.2 Å². The summed E-state index contributed by atoms with van der Waals surface area (Å²) in [6, 6.07) is 19.6. The molecule has 0 aliphatic heterocycles. The van der Waals surface area contributed by atoms with E-state index in [1.54, 1.807) is 0 Å². The largest absolute Gasteiger partial charge is 0.382 e. The third-order valence-corrected chi connectivity index (χ3v) is 4.17. The molecule has 1 aliphatic carbocycles. The lowest BCUT2D eigenvalue weighted by atomic mass is 10.1. The molecule has 0 heterocycles. The fourth-order valence-electron chi connectivity index (χ4n) is 3.00. The minimum Gasteiger partial charge on any atom is -0.382 e. The first-order valence-electron chi connectivity index (χ1n) is 8.09. The maximum Gasteiger partial charge on any atom is 0.0385 e. The minimum absolute atomic E-state index is 0.653. The zero-order chi connectivity index (χ0) is 14.3. The number of rotatable bonds is 4. The Labute approximate surface area is 127 Å². The van der Waals surface area contributed by atoms with E-state index in [0.717, 1.165) is 11.4 Å². The van der Waals surface area contributed by atoms with Gasteiger partial charge in [0.1, 0.15) is 0 Å². The molecule has 0 atom stereocenters. The number of benzene rings is 2. The van der Waals surface area contributed by atoms with Crippen molar-refractivity contribution in [1.82, 2.24) is 0 Å². The first-order chi connectivity index (χ1) is 10.4. The second-order valence-corrected chi connectivity index (χ2v) is 5.90. The standard InChI is InChI=1S/C19H24N2/c1-2-5-9-16(8-4-1)20-18-12-14-19(15-13-18)21-17-10-6-3-7-11-17/h3,6-7,10-16,20-21H,1-2,4-5,8-9H2. The van der Waals surface area contributed by atoms with E-state index in [1.807, 2.05) is 18.2 Å². The van der Waals surface area contributed by atoms with Crippen LogP contribution in [0.4, 0.5) is 17.1 Å². The van der Waals surface area contributed by atoms with Crippen LogP contribution in [0.15, 0.2) is 54.6 Å². The topological polar surface area (TPSA) is 24.1 Å². The number of nitrogens with one attached hydrogen (secondary N) is 2. The van der Waals surface area contributed by atoms with Gasteiger partial charge in [0, 0.05) is 23.1 Å². The van der Waals surface area contributed by atoms with Crippen LogP contribution >= 0.6 is 0 Å². The molecule has 0 amide bonds. The first kappa shape index (κ1) is 14.0. The van der Waals surface area contributed by atoms with Crippen LogP contribution in [-0.2, 0) is 0 Å². The van der Waals surface area contributed by atoms with Crippen LogP contribution in [0.1, 0.15) is 38.5 Å². The molecule has 0 unspecified atom stereocenters. The fourth-order valence-corrected chi connectivity index (χ4v) is 3.00. The van der Waals surface area contributed by atoms with Gasteiger partial charge < -0.3 is 10.6 Å². The summed E-state index contributed by atoms with van der Waals surface area (Å²) in [4.78, 5) is 0. The Balaban J connectivity index is 1.58. The van der Waals surface area contributed by atoms with Gasteiger partial charge in [-0.05, 0) is 49.2 Å². The monoisotopic (exact) mass is 280 g/mol. The van der Waals surface area contributed by atoms with Gasteiger partial charge in [0.25, 0.3) is 0 Å². The van der Waals surface area contributed by atoms with Gasteiger partial charge in [-0.2, -0.15) is 0 Å². The van der Waals surface area contributed by atoms with Crippen LogP contribution in [0.3, 0.4) is 0 Å². The summed E-state index contributed by atoms with van der Waals surface area (Å²) in [6.07, 6.45) is 8.15. The van der Waals surface area contributed by atoms with Gasteiger partial charge in [0.2, 0.25) is 0 Å². The average molecular weight is 280 g/mol. The van der Waals surface area contributed by atoms with Crippen LogP contribution < -0.4 is 10.6 Å². The lowest BCUT2D eigenvalue weighted by molar-refractivity contribution is 0.620. The second-order valence-electron chi connectivity index (χ2n) is 5.90. The van der Waals surface area contributed by atoms with Gasteiger partial charge in [0.15, 0.2) is 0 Å². The summed E-state index contributed by atoms with van der Waals surface area (Å²) >= 11 is 0. The SMILES string of the molecule is c1ccc(Nc2ccc(NC3CCCCCC3)cc2)cc1. The van der Waals surface area contributed by atoms with E-state index in [2.05, 4.69) is 47.0 Å². The predicted molar refractivity (Wildman–Crippen MR) is 91.3 cm³/mol. The van der Waals surface area contributed by atoms with Gasteiger partial charge in [0.05, 0.1) is 0 Å². The van der Waals surface area contributed by atoms with Gasteiger partial charge in [-0.1, -0.05) is 43.9 Å². The first-order valence-corrected chi connectivity index (χ1v) is 8.09. The maximum atomic E-state index is 3.68. The van der Waals surface area contributed by atoms with Crippen molar-refractivity contribution in [1.29, 1.82) is 0 Å². The van der Waals surface area contributed by atoms with Crippen molar-refractivity contribution in [2.75, 3.05) is 10.6 Å². The molecular weight excluding hydrogens is 256 g/mol. The van der Waals surface area contributed by atoms with Crippen LogP contribution in [0.25, 0.3) is 0 Å². The van der Waals surface area contributed by atoms with Gasteiger partial charge >= 0.3 is 0 Å². The van der Waals surface area contributed by atoms with Crippen LogP contribution in [-0.4, -0.2) is 6.04 Å². The highest BCUT2D eigenvalue weighted by Crippen LogP contribution is 2.23. The lowest BCUT2D eigenvalue weighted by Crippen LogP contribution is -2.18. The van der Waals surface area contributed by atoms with Crippen molar-refractivity contribution in [2.24, 2.45) is 0 Å². The Bertz CT molecular complexity index is 525. The molecule has 2 aromatic rings. The fraction of sp³-hybridized carbons (Fsp3) is 0.368. The Kier molecular flexibility index (Phi) is 4.78. The third-order valence-electron chi connectivity index (χ3n) is 4.17. The Morgan fingerprint density at radius 1 is 0.619 bits per heavy atom. The van der Waals surface area contributed by atoms with E-state index in [-0.39, 0.29) is 0 Å². The molecule has 110 valence electrons. The normalized spacial score (nSPS) is 16.2. The Morgan fingerprint density at radius 2 is 1.19 bits per heavy atom. The van der Waals surface area contributed by atoms with Crippen molar-refractivity contribution >= 4 is 17.1 Å². The quantitative estimate of drug-likeness (QED) is 0.716. The Morgan fingerprint density at radius 3 is 1.86 bits per heavy atom. The highest BCUT2D eigenvalue weighted by Gasteiger charge is 2.11. The van der Waals surface area contributed by atoms with Gasteiger partial charge in [-0.3, -0.25) is 0 Å². The third kappa shape index (κ3) is 4.25. The summed E-state index contributed by atoms with van der Waals surface area (Å²) in [6.45, 7) is 0. The minimum atomic E-state index is 0.653. The lowest BCUT2D eigenvalue weighted by Gasteiger charge is -2.18. The summed E-state index contributed by atoms with van der Waals surface area (Å²) in [5, 5.41) is 7.10. The van der Waals surface area contributed by atoms with Crippen LogP contribution in [0.2, 0.25) is 0 Å². The van der Waals surface area contributed by atoms with Crippen molar-refractivity contribution in [3.05, 3.63) is 54.6 Å². The molecule has 0 saturated heterocycles. The molecule has 0 spiro atoms. The smallest absolute Gasteiger partial charge is 0.0385 e. The van der Waals surface area contributed by atoms with Crippen LogP contribution in [0, 0.1) is 0 Å². The number of para-hydroxylation sites is 1. The predicted octanol–water partition coefficient (Wildman–Crippen LogP) is 5.56. The zero-order valence-electron chi connectivity index (χ0n) is 12.5. The molecule has 2 heteroatoms. The van der Waals surface area contributed by atoms with E-state index in [9.17, 15) is 0 Å². The molecule has 0 radical (unpaired) electrons. The van der Waals surface area contributed by atoms with Crippen molar-refractivity contribution in [3.63, 3.8) is 0 Å². The number of hydrogen-bond acceptors (Lipinski definition) is 2. The maximum absolute atomic E-state index is 3.68. The molecule has 1 saturated carbocycles. The van der Waals surface area contributed by atoms with Gasteiger partial charge in [-0.15, -0.1) is 0 Å². The molecular formula is C19H24N2. The average Bonchev–Trinajstić information content (AvgIpc) is 2.79.